The Morgan fingerprint density at radius 1 is 1.12 bits per heavy atom. The Morgan fingerprint density at radius 3 is 2.54 bits per heavy atom. The normalized spacial score (nSPS) is 19.6. The fourth-order valence-corrected chi connectivity index (χ4v) is 3.27. The second-order valence-electron chi connectivity index (χ2n) is 6.08. The SMILES string of the molecule is Cc1cccc([C@@H]2C[C@@H]2C(=O)Nc2cccc(NS(N)(=O)=O)c2)c1. The highest BCUT2D eigenvalue weighted by molar-refractivity contribution is 7.90. The fraction of sp³-hybridized carbons (Fsp3) is 0.235. The minimum Gasteiger partial charge on any atom is -0.326 e. The largest absolute Gasteiger partial charge is 0.326 e. The van der Waals surface area contributed by atoms with E-state index in [4.69, 9.17) is 5.14 Å². The Bertz CT molecular complexity index is 880. The van der Waals surface area contributed by atoms with Gasteiger partial charge in [-0.3, -0.25) is 9.52 Å². The average Bonchev–Trinajstić information content (AvgIpc) is 3.26. The molecule has 3 rings (SSSR count). The van der Waals surface area contributed by atoms with E-state index >= 15 is 0 Å². The van der Waals surface area contributed by atoms with Crippen molar-refractivity contribution in [3.63, 3.8) is 0 Å². The summed E-state index contributed by atoms with van der Waals surface area (Å²) in [4.78, 5) is 12.4. The lowest BCUT2D eigenvalue weighted by molar-refractivity contribution is -0.117. The van der Waals surface area contributed by atoms with Gasteiger partial charge in [0.05, 0.1) is 5.69 Å². The first-order valence-electron chi connectivity index (χ1n) is 7.60. The topological polar surface area (TPSA) is 101 Å². The third-order valence-electron chi connectivity index (χ3n) is 3.99. The van der Waals surface area contributed by atoms with E-state index in [-0.39, 0.29) is 17.7 Å². The van der Waals surface area contributed by atoms with E-state index < -0.39 is 10.2 Å². The zero-order valence-corrected chi connectivity index (χ0v) is 14.0. The van der Waals surface area contributed by atoms with Crippen molar-refractivity contribution in [2.75, 3.05) is 10.0 Å². The van der Waals surface area contributed by atoms with Crippen LogP contribution < -0.4 is 15.2 Å². The van der Waals surface area contributed by atoms with E-state index in [1.807, 2.05) is 25.1 Å². The number of nitrogens with one attached hydrogen (secondary N) is 2. The molecule has 1 amide bonds. The van der Waals surface area contributed by atoms with E-state index in [0.29, 0.717) is 11.4 Å². The summed E-state index contributed by atoms with van der Waals surface area (Å²) in [5, 5.41) is 7.78. The molecular formula is C17H19N3O3S. The lowest BCUT2D eigenvalue weighted by Crippen LogP contribution is -2.21. The number of anilines is 2. The number of rotatable bonds is 5. The van der Waals surface area contributed by atoms with Crippen LogP contribution in [-0.4, -0.2) is 14.3 Å². The highest BCUT2D eigenvalue weighted by Gasteiger charge is 2.43. The van der Waals surface area contributed by atoms with Crippen molar-refractivity contribution in [1.82, 2.24) is 0 Å². The minimum absolute atomic E-state index is 0.0540. The van der Waals surface area contributed by atoms with Gasteiger partial charge >= 0.3 is 0 Å². The molecule has 126 valence electrons. The molecule has 7 heteroatoms. The predicted molar refractivity (Wildman–Crippen MR) is 93.8 cm³/mol. The van der Waals surface area contributed by atoms with Crippen LogP contribution in [0.25, 0.3) is 0 Å². The fourth-order valence-electron chi connectivity index (χ4n) is 2.81. The van der Waals surface area contributed by atoms with Gasteiger partial charge in [0.15, 0.2) is 0 Å². The van der Waals surface area contributed by atoms with Crippen LogP contribution in [0.3, 0.4) is 0 Å². The maximum atomic E-state index is 12.4. The molecule has 1 aliphatic carbocycles. The lowest BCUT2D eigenvalue weighted by Gasteiger charge is -2.08. The van der Waals surface area contributed by atoms with Gasteiger partial charge in [-0.2, -0.15) is 8.42 Å². The van der Waals surface area contributed by atoms with E-state index in [1.165, 1.54) is 17.2 Å². The molecule has 1 fully saturated rings. The molecule has 0 bridgehead atoms. The highest BCUT2D eigenvalue weighted by Crippen LogP contribution is 2.48. The van der Waals surface area contributed by atoms with Crippen LogP contribution in [0.4, 0.5) is 11.4 Å². The molecule has 4 N–H and O–H groups in total. The van der Waals surface area contributed by atoms with Crippen molar-refractivity contribution in [2.45, 2.75) is 19.3 Å². The molecule has 2 aromatic rings. The molecule has 1 aliphatic rings. The van der Waals surface area contributed by atoms with Gasteiger partial charge in [-0.1, -0.05) is 35.9 Å². The average molecular weight is 345 g/mol. The Kier molecular flexibility index (Phi) is 4.29. The van der Waals surface area contributed by atoms with Gasteiger partial charge in [0.1, 0.15) is 0 Å². The maximum absolute atomic E-state index is 12.4. The third-order valence-corrected chi connectivity index (χ3v) is 4.51. The summed E-state index contributed by atoms with van der Waals surface area (Å²) in [6.45, 7) is 2.03. The molecule has 0 spiro atoms. The number of aryl methyl sites for hydroxylation is 1. The van der Waals surface area contributed by atoms with E-state index in [0.717, 1.165) is 6.42 Å². The first kappa shape index (κ1) is 16.5. The van der Waals surface area contributed by atoms with Crippen LogP contribution >= 0.6 is 0 Å². The smallest absolute Gasteiger partial charge is 0.296 e. The number of benzene rings is 2. The van der Waals surface area contributed by atoms with Crippen LogP contribution in [0, 0.1) is 12.8 Å². The molecule has 0 unspecified atom stereocenters. The number of carbonyl (C=O) groups is 1. The van der Waals surface area contributed by atoms with Crippen LogP contribution in [0.5, 0.6) is 0 Å². The second-order valence-corrected chi connectivity index (χ2v) is 7.37. The van der Waals surface area contributed by atoms with Crippen LogP contribution in [0.15, 0.2) is 48.5 Å². The zero-order chi connectivity index (χ0) is 17.3. The number of amides is 1. The quantitative estimate of drug-likeness (QED) is 0.775. The van der Waals surface area contributed by atoms with Crippen molar-refractivity contribution in [1.29, 1.82) is 0 Å². The monoisotopic (exact) mass is 345 g/mol. The third kappa shape index (κ3) is 4.12. The van der Waals surface area contributed by atoms with Crippen LogP contribution in [0.2, 0.25) is 0 Å². The summed E-state index contributed by atoms with van der Waals surface area (Å²) < 4.78 is 24.3. The minimum atomic E-state index is -3.84. The van der Waals surface area contributed by atoms with Crippen molar-refractivity contribution >= 4 is 27.5 Å². The molecule has 24 heavy (non-hydrogen) atoms. The molecule has 0 aliphatic heterocycles. The summed E-state index contributed by atoms with van der Waals surface area (Å²) in [5.74, 6) is 0.131. The van der Waals surface area contributed by atoms with Crippen molar-refractivity contribution in [3.8, 4) is 0 Å². The van der Waals surface area contributed by atoms with Gasteiger partial charge in [0.2, 0.25) is 5.91 Å². The van der Waals surface area contributed by atoms with Gasteiger partial charge in [-0.15, -0.1) is 0 Å². The molecule has 1 saturated carbocycles. The Hall–Kier alpha value is -2.38. The molecule has 2 atom stereocenters. The highest BCUT2D eigenvalue weighted by atomic mass is 32.2. The Balaban J connectivity index is 1.65. The van der Waals surface area contributed by atoms with Gasteiger partial charge in [0.25, 0.3) is 10.2 Å². The van der Waals surface area contributed by atoms with Gasteiger partial charge in [0, 0.05) is 11.6 Å². The number of carbonyl (C=O) groups excluding carboxylic acids is 1. The molecule has 6 nitrogen and oxygen atoms in total. The Morgan fingerprint density at radius 2 is 1.83 bits per heavy atom. The summed E-state index contributed by atoms with van der Waals surface area (Å²) in [7, 11) is -3.84. The van der Waals surface area contributed by atoms with E-state index in [1.54, 1.807) is 18.2 Å². The zero-order valence-electron chi connectivity index (χ0n) is 13.2. The molecule has 0 heterocycles. The molecule has 0 saturated heterocycles. The summed E-state index contributed by atoms with van der Waals surface area (Å²) in [6.07, 6.45) is 0.824. The van der Waals surface area contributed by atoms with Crippen LogP contribution in [0.1, 0.15) is 23.5 Å². The van der Waals surface area contributed by atoms with Gasteiger partial charge < -0.3 is 5.32 Å². The molecular weight excluding hydrogens is 326 g/mol. The molecule has 2 aromatic carbocycles. The van der Waals surface area contributed by atoms with Gasteiger partial charge in [-0.25, -0.2) is 5.14 Å². The number of hydrogen-bond acceptors (Lipinski definition) is 3. The second kappa shape index (κ2) is 6.26. The van der Waals surface area contributed by atoms with Crippen molar-refractivity contribution < 1.29 is 13.2 Å². The first-order valence-corrected chi connectivity index (χ1v) is 9.14. The van der Waals surface area contributed by atoms with Crippen molar-refractivity contribution in [3.05, 3.63) is 59.7 Å². The lowest BCUT2D eigenvalue weighted by atomic mass is 10.1. The van der Waals surface area contributed by atoms with E-state index in [2.05, 4.69) is 16.1 Å². The standard InChI is InChI=1S/C17H19N3O3S/c1-11-4-2-5-12(8-11)15-10-16(15)17(21)19-13-6-3-7-14(9-13)20-24(18,22)23/h2-9,15-16,20H,10H2,1H3,(H,19,21)(H2,18,22,23)/t15-,16-/m0/s1. The van der Waals surface area contributed by atoms with Crippen molar-refractivity contribution in [2.24, 2.45) is 11.1 Å². The summed E-state index contributed by atoms with van der Waals surface area (Å²) in [5.41, 5.74) is 3.20. The first-order chi connectivity index (χ1) is 11.3. The number of hydrogen-bond donors (Lipinski definition) is 3. The van der Waals surface area contributed by atoms with Crippen LogP contribution in [-0.2, 0) is 15.0 Å². The van der Waals surface area contributed by atoms with Gasteiger partial charge in [-0.05, 0) is 43.0 Å². The Labute approximate surface area is 141 Å². The maximum Gasteiger partial charge on any atom is 0.296 e. The number of nitrogens with two attached hydrogens (primary N) is 1. The summed E-state index contributed by atoms with van der Waals surface area (Å²) in [6, 6.07) is 14.6. The summed E-state index contributed by atoms with van der Waals surface area (Å²) >= 11 is 0. The predicted octanol–water partition coefficient (Wildman–Crippen LogP) is 2.35. The van der Waals surface area contributed by atoms with E-state index in [9.17, 15) is 13.2 Å². The molecule has 0 aromatic heterocycles. The molecule has 0 radical (unpaired) electrons.